The molecule has 1 aromatic carbocycles. The molecule has 0 aliphatic heterocycles. The Bertz CT molecular complexity index is 383. The minimum absolute atomic E-state index is 0.0753. The predicted molar refractivity (Wildman–Crippen MR) is 58.4 cm³/mol. The Balaban J connectivity index is 2.74. The van der Waals surface area contributed by atoms with Crippen molar-refractivity contribution in [2.75, 3.05) is 6.61 Å². The van der Waals surface area contributed by atoms with Gasteiger partial charge in [-0.05, 0) is 24.6 Å². The van der Waals surface area contributed by atoms with Crippen LogP contribution in [0.1, 0.15) is 12.5 Å². The third kappa shape index (κ3) is 3.77. The maximum atomic E-state index is 11.3. The van der Waals surface area contributed by atoms with Crippen molar-refractivity contribution >= 4 is 26.0 Å². The molecule has 0 aliphatic rings. The van der Waals surface area contributed by atoms with Crippen LogP contribution in [-0.2, 0) is 20.1 Å². The molecule has 0 heterocycles. The van der Waals surface area contributed by atoms with E-state index in [-0.39, 0.29) is 12.4 Å². The van der Waals surface area contributed by atoms with E-state index in [1.165, 1.54) is 0 Å². The summed E-state index contributed by atoms with van der Waals surface area (Å²) < 4.78 is 28.1. The normalized spacial score (nSPS) is 11.6. The van der Waals surface area contributed by atoms with Crippen LogP contribution in [0.4, 0.5) is 0 Å². The molecule has 0 N–H and O–H groups in total. The molecule has 78 valence electrons. The molecule has 0 atom stereocenters. The SMILES string of the molecule is CCOS(=O)(=O)Cc1ccc(Br)cc1. The highest BCUT2D eigenvalue weighted by molar-refractivity contribution is 9.10. The fourth-order valence-corrected chi connectivity index (χ4v) is 2.31. The topological polar surface area (TPSA) is 43.4 Å². The summed E-state index contributed by atoms with van der Waals surface area (Å²) in [4.78, 5) is 0. The molecule has 0 unspecified atom stereocenters. The monoisotopic (exact) mass is 278 g/mol. The second-order valence-electron chi connectivity index (χ2n) is 2.74. The van der Waals surface area contributed by atoms with E-state index in [9.17, 15) is 8.42 Å². The second-order valence-corrected chi connectivity index (χ2v) is 5.29. The highest BCUT2D eigenvalue weighted by Gasteiger charge is 2.10. The average molecular weight is 279 g/mol. The summed E-state index contributed by atoms with van der Waals surface area (Å²) >= 11 is 3.28. The number of rotatable bonds is 4. The maximum absolute atomic E-state index is 11.3. The van der Waals surface area contributed by atoms with Gasteiger partial charge in [0.2, 0.25) is 0 Å². The van der Waals surface area contributed by atoms with Gasteiger partial charge < -0.3 is 0 Å². The average Bonchev–Trinajstić information content (AvgIpc) is 2.08. The van der Waals surface area contributed by atoms with Gasteiger partial charge in [-0.2, -0.15) is 8.42 Å². The Kier molecular flexibility index (Phi) is 4.10. The fraction of sp³-hybridized carbons (Fsp3) is 0.333. The van der Waals surface area contributed by atoms with E-state index >= 15 is 0 Å². The number of halogens is 1. The molecular formula is C9H11BrO3S. The Morgan fingerprint density at radius 1 is 1.29 bits per heavy atom. The molecule has 0 saturated carbocycles. The van der Waals surface area contributed by atoms with Crippen molar-refractivity contribution in [1.82, 2.24) is 0 Å². The largest absolute Gasteiger partial charge is 0.271 e. The molecule has 5 heteroatoms. The minimum Gasteiger partial charge on any atom is -0.270 e. The van der Waals surface area contributed by atoms with E-state index < -0.39 is 10.1 Å². The van der Waals surface area contributed by atoms with Crippen LogP contribution in [0.5, 0.6) is 0 Å². The van der Waals surface area contributed by atoms with Crippen LogP contribution in [0.25, 0.3) is 0 Å². The molecule has 0 radical (unpaired) electrons. The van der Waals surface area contributed by atoms with Crippen molar-refractivity contribution in [3.8, 4) is 0 Å². The molecule has 3 nitrogen and oxygen atoms in total. The van der Waals surface area contributed by atoms with E-state index in [0.29, 0.717) is 0 Å². The Labute approximate surface area is 92.3 Å². The van der Waals surface area contributed by atoms with Crippen molar-refractivity contribution in [3.05, 3.63) is 34.3 Å². The zero-order valence-corrected chi connectivity index (χ0v) is 10.1. The summed E-state index contributed by atoms with van der Waals surface area (Å²) in [6.07, 6.45) is 0. The van der Waals surface area contributed by atoms with Crippen LogP contribution in [0.15, 0.2) is 28.7 Å². The van der Waals surface area contributed by atoms with Gasteiger partial charge in [-0.3, -0.25) is 4.18 Å². The molecule has 0 bridgehead atoms. The molecule has 14 heavy (non-hydrogen) atoms. The number of hydrogen-bond acceptors (Lipinski definition) is 3. The Hall–Kier alpha value is -0.390. The van der Waals surface area contributed by atoms with Gasteiger partial charge in [0.15, 0.2) is 0 Å². The quantitative estimate of drug-likeness (QED) is 0.794. The van der Waals surface area contributed by atoms with Gasteiger partial charge >= 0.3 is 0 Å². The van der Waals surface area contributed by atoms with Crippen molar-refractivity contribution in [2.24, 2.45) is 0 Å². The first-order chi connectivity index (χ1) is 6.53. The summed E-state index contributed by atoms with van der Waals surface area (Å²) in [5.41, 5.74) is 0.724. The van der Waals surface area contributed by atoms with Crippen molar-refractivity contribution in [3.63, 3.8) is 0 Å². The summed E-state index contributed by atoms with van der Waals surface area (Å²) in [6.45, 7) is 1.83. The van der Waals surface area contributed by atoms with Crippen LogP contribution in [0.2, 0.25) is 0 Å². The highest BCUT2D eigenvalue weighted by Crippen LogP contribution is 2.13. The summed E-state index contributed by atoms with van der Waals surface area (Å²) in [5.74, 6) is -0.0753. The lowest BCUT2D eigenvalue weighted by Crippen LogP contribution is -2.08. The van der Waals surface area contributed by atoms with Gasteiger partial charge in [0.05, 0.1) is 6.61 Å². The van der Waals surface area contributed by atoms with E-state index in [1.54, 1.807) is 31.2 Å². The smallest absolute Gasteiger partial charge is 0.270 e. The fourth-order valence-electron chi connectivity index (χ4n) is 1.01. The zero-order valence-electron chi connectivity index (χ0n) is 7.73. The molecule has 0 amide bonds. The third-order valence-electron chi connectivity index (χ3n) is 1.55. The highest BCUT2D eigenvalue weighted by atomic mass is 79.9. The Morgan fingerprint density at radius 2 is 1.86 bits per heavy atom. The molecule has 0 saturated heterocycles. The van der Waals surface area contributed by atoms with Gasteiger partial charge in [-0.15, -0.1) is 0 Å². The molecule has 0 aromatic heterocycles. The lowest BCUT2D eigenvalue weighted by molar-refractivity contribution is 0.337. The zero-order chi connectivity index (χ0) is 10.6. The third-order valence-corrected chi connectivity index (χ3v) is 3.36. The van der Waals surface area contributed by atoms with Gasteiger partial charge in [0, 0.05) is 4.47 Å². The summed E-state index contributed by atoms with van der Waals surface area (Å²) in [7, 11) is -3.41. The first-order valence-electron chi connectivity index (χ1n) is 4.15. The summed E-state index contributed by atoms with van der Waals surface area (Å²) in [6, 6.07) is 7.11. The molecule has 0 fully saturated rings. The van der Waals surface area contributed by atoms with Gasteiger partial charge in [-0.1, -0.05) is 28.1 Å². The minimum atomic E-state index is -3.41. The van der Waals surface area contributed by atoms with Gasteiger partial charge in [-0.25, -0.2) is 0 Å². The lowest BCUT2D eigenvalue weighted by Gasteiger charge is -2.03. The lowest BCUT2D eigenvalue weighted by atomic mass is 10.2. The number of hydrogen-bond donors (Lipinski definition) is 0. The van der Waals surface area contributed by atoms with Crippen LogP contribution >= 0.6 is 15.9 Å². The second kappa shape index (κ2) is 4.91. The van der Waals surface area contributed by atoms with Crippen molar-refractivity contribution in [2.45, 2.75) is 12.7 Å². The van der Waals surface area contributed by atoms with Crippen LogP contribution in [-0.4, -0.2) is 15.0 Å². The van der Waals surface area contributed by atoms with Crippen LogP contribution in [0, 0.1) is 0 Å². The van der Waals surface area contributed by atoms with E-state index in [4.69, 9.17) is 0 Å². The first kappa shape index (κ1) is 11.7. The van der Waals surface area contributed by atoms with E-state index in [2.05, 4.69) is 20.1 Å². The molecule has 0 aliphatic carbocycles. The number of benzene rings is 1. The predicted octanol–water partition coefficient (Wildman–Crippen LogP) is 2.32. The van der Waals surface area contributed by atoms with Crippen molar-refractivity contribution < 1.29 is 12.6 Å². The summed E-state index contributed by atoms with van der Waals surface area (Å²) in [5, 5.41) is 0. The van der Waals surface area contributed by atoms with Crippen LogP contribution in [0.3, 0.4) is 0 Å². The molecule has 1 rings (SSSR count). The van der Waals surface area contributed by atoms with Crippen molar-refractivity contribution in [1.29, 1.82) is 0 Å². The standard InChI is InChI=1S/C9H11BrO3S/c1-2-13-14(11,12)7-8-3-5-9(10)6-4-8/h3-6H,2,7H2,1H3. The van der Waals surface area contributed by atoms with E-state index in [0.717, 1.165) is 10.0 Å². The Morgan fingerprint density at radius 3 is 2.36 bits per heavy atom. The molecule has 1 aromatic rings. The van der Waals surface area contributed by atoms with Gasteiger partial charge in [0.1, 0.15) is 5.75 Å². The van der Waals surface area contributed by atoms with Crippen LogP contribution < -0.4 is 0 Å². The maximum Gasteiger partial charge on any atom is 0.271 e. The van der Waals surface area contributed by atoms with Gasteiger partial charge in [0.25, 0.3) is 10.1 Å². The first-order valence-corrected chi connectivity index (χ1v) is 6.52. The molecular weight excluding hydrogens is 268 g/mol. The molecule has 0 spiro atoms. The van der Waals surface area contributed by atoms with E-state index in [1.807, 2.05) is 0 Å².